The molecule has 0 aliphatic heterocycles. The maximum Gasteiger partial charge on any atom is 0.162 e. The number of benzene rings is 2. The van der Waals surface area contributed by atoms with E-state index >= 15 is 0 Å². The van der Waals surface area contributed by atoms with Gasteiger partial charge in [0.05, 0.1) is 0 Å². The first-order valence-corrected chi connectivity index (χ1v) is 7.50. The molecular weight excluding hydrogens is 282 g/mol. The maximum absolute atomic E-state index is 9.84. The van der Waals surface area contributed by atoms with E-state index in [9.17, 15) is 10.2 Å². The second-order valence-electron chi connectivity index (χ2n) is 4.66. The van der Waals surface area contributed by atoms with Gasteiger partial charge in [0.2, 0.25) is 0 Å². The first-order chi connectivity index (χ1) is 10.3. The molecule has 0 spiro atoms. The van der Waals surface area contributed by atoms with Crippen molar-refractivity contribution in [3.05, 3.63) is 65.5 Å². The molecule has 3 rings (SSSR count). The van der Waals surface area contributed by atoms with E-state index in [0.29, 0.717) is 12.1 Å². The van der Waals surface area contributed by atoms with Gasteiger partial charge in [0.1, 0.15) is 0 Å². The predicted octanol–water partition coefficient (Wildman–Crippen LogP) is 4.44. The molecule has 1 heterocycles. The van der Waals surface area contributed by atoms with Crippen LogP contribution in [0.15, 0.2) is 60.0 Å². The van der Waals surface area contributed by atoms with Crippen LogP contribution in [0.5, 0.6) is 11.5 Å². The van der Waals surface area contributed by atoms with Crippen molar-refractivity contribution in [3.8, 4) is 21.9 Å². The molecule has 0 amide bonds. The number of rotatable bonds is 4. The predicted molar refractivity (Wildman–Crippen MR) is 86.9 cm³/mol. The Morgan fingerprint density at radius 1 is 0.905 bits per heavy atom. The summed E-state index contributed by atoms with van der Waals surface area (Å²) in [6.45, 7) is 0.447. The smallest absolute Gasteiger partial charge is 0.162 e. The lowest BCUT2D eigenvalue weighted by Gasteiger charge is -2.12. The fraction of sp³-hybridized carbons (Fsp3) is 0.0588. The lowest BCUT2D eigenvalue weighted by atomic mass is 10.1. The Kier molecular flexibility index (Phi) is 3.79. The molecule has 106 valence electrons. The molecule has 0 fully saturated rings. The molecular formula is C17H15NO2S. The molecule has 0 saturated heterocycles. The number of para-hydroxylation sites is 2. The van der Waals surface area contributed by atoms with Gasteiger partial charge >= 0.3 is 0 Å². The number of hydrogen-bond donors (Lipinski definition) is 3. The van der Waals surface area contributed by atoms with Crippen LogP contribution in [0.4, 0.5) is 5.69 Å². The minimum absolute atomic E-state index is 0.0707. The quantitative estimate of drug-likeness (QED) is 0.624. The highest BCUT2D eigenvalue weighted by atomic mass is 32.1. The van der Waals surface area contributed by atoms with E-state index in [1.807, 2.05) is 29.6 Å². The maximum atomic E-state index is 9.84. The molecule has 0 unspecified atom stereocenters. The van der Waals surface area contributed by atoms with E-state index in [-0.39, 0.29) is 11.5 Å². The van der Waals surface area contributed by atoms with Gasteiger partial charge in [-0.1, -0.05) is 36.4 Å². The van der Waals surface area contributed by atoms with Crippen LogP contribution in [0.1, 0.15) is 5.56 Å². The van der Waals surface area contributed by atoms with E-state index in [2.05, 4.69) is 17.4 Å². The van der Waals surface area contributed by atoms with Crippen LogP contribution in [0, 0.1) is 0 Å². The summed E-state index contributed by atoms with van der Waals surface area (Å²) in [4.78, 5) is 1.19. The molecule has 3 nitrogen and oxygen atoms in total. The highest BCUT2D eigenvalue weighted by Gasteiger charge is 2.08. The first kappa shape index (κ1) is 13.5. The highest BCUT2D eigenvalue weighted by Crippen LogP contribution is 2.33. The Balaban J connectivity index is 1.85. The van der Waals surface area contributed by atoms with Gasteiger partial charge in [-0.15, -0.1) is 11.3 Å². The third-order valence-electron chi connectivity index (χ3n) is 3.28. The van der Waals surface area contributed by atoms with Gasteiger partial charge in [0, 0.05) is 28.2 Å². The van der Waals surface area contributed by atoms with Crippen LogP contribution in [0.25, 0.3) is 10.4 Å². The van der Waals surface area contributed by atoms with E-state index in [1.165, 1.54) is 10.9 Å². The number of aromatic hydroxyl groups is 2. The Morgan fingerprint density at radius 2 is 1.76 bits per heavy atom. The zero-order valence-electron chi connectivity index (χ0n) is 11.3. The average molecular weight is 297 g/mol. The van der Waals surface area contributed by atoms with Crippen molar-refractivity contribution >= 4 is 17.0 Å². The van der Waals surface area contributed by atoms with Gasteiger partial charge in [-0.3, -0.25) is 0 Å². The molecule has 0 saturated carbocycles. The molecule has 0 bridgehead atoms. The topological polar surface area (TPSA) is 52.5 Å². The lowest BCUT2D eigenvalue weighted by molar-refractivity contribution is 0.400. The molecule has 0 aliphatic rings. The van der Waals surface area contributed by atoms with Crippen LogP contribution < -0.4 is 5.32 Å². The van der Waals surface area contributed by atoms with Gasteiger partial charge in [0.15, 0.2) is 11.5 Å². The van der Waals surface area contributed by atoms with Crippen molar-refractivity contribution in [2.45, 2.75) is 6.54 Å². The third kappa shape index (κ3) is 2.85. The Hall–Kier alpha value is -2.46. The summed E-state index contributed by atoms with van der Waals surface area (Å²) in [6, 6.07) is 17.1. The second kappa shape index (κ2) is 5.89. The fourth-order valence-corrected chi connectivity index (χ4v) is 2.96. The van der Waals surface area contributed by atoms with Crippen molar-refractivity contribution in [3.63, 3.8) is 0 Å². The molecule has 0 radical (unpaired) electrons. The highest BCUT2D eigenvalue weighted by molar-refractivity contribution is 7.13. The second-order valence-corrected chi connectivity index (χ2v) is 5.61. The van der Waals surface area contributed by atoms with Crippen LogP contribution in [0.2, 0.25) is 0 Å². The monoisotopic (exact) mass is 297 g/mol. The van der Waals surface area contributed by atoms with Gasteiger partial charge in [-0.25, -0.2) is 0 Å². The van der Waals surface area contributed by atoms with Gasteiger partial charge in [0.25, 0.3) is 0 Å². The van der Waals surface area contributed by atoms with Gasteiger partial charge < -0.3 is 15.5 Å². The summed E-state index contributed by atoms with van der Waals surface area (Å²) in [5, 5.41) is 24.7. The summed E-state index contributed by atoms with van der Waals surface area (Å²) >= 11 is 1.69. The normalized spacial score (nSPS) is 10.5. The summed E-state index contributed by atoms with van der Waals surface area (Å²) < 4.78 is 0. The van der Waals surface area contributed by atoms with Crippen molar-refractivity contribution in [2.75, 3.05) is 5.32 Å². The van der Waals surface area contributed by atoms with Crippen LogP contribution in [-0.2, 0) is 6.54 Å². The van der Waals surface area contributed by atoms with E-state index in [4.69, 9.17) is 0 Å². The molecule has 3 aromatic rings. The zero-order chi connectivity index (χ0) is 14.7. The molecule has 3 N–H and O–H groups in total. The number of hydrogen-bond acceptors (Lipinski definition) is 4. The van der Waals surface area contributed by atoms with Gasteiger partial charge in [-0.05, 0) is 23.6 Å². The number of thiophene rings is 1. The summed E-state index contributed by atoms with van der Waals surface area (Å²) in [5.74, 6) is -0.167. The Morgan fingerprint density at radius 3 is 2.57 bits per heavy atom. The number of phenolic OH excluding ortho intramolecular Hbond substituents is 2. The number of anilines is 1. The number of phenols is 2. The van der Waals surface area contributed by atoms with Crippen LogP contribution in [-0.4, -0.2) is 10.2 Å². The van der Waals surface area contributed by atoms with Crippen molar-refractivity contribution < 1.29 is 10.2 Å². The van der Waals surface area contributed by atoms with Crippen LogP contribution in [0.3, 0.4) is 0 Å². The van der Waals surface area contributed by atoms with E-state index in [1.54, 1.807) is 23.5 Å². The third-order valence-corrected chi connectivity index (χ3v) is 4.18. The van der Waals surface area contributed by atoms with E-state index in [0.717, 1.165) is 11.3 Å². The molecule has 0 aliphatic carbocycles. The summed E-state index contributed by atoms with van der Waals surface area (Å²) in [6.07, 6.45) is 0. The average Bonchev–Trinajstić information content (AvgIpc) is 3.03. The minimum Gasteiger partial charge on any atom is -0.504 e. The van der Waals surface area contributed by atoms with Gasteiger partial charge in [-0.2, -0.15) is 0 Å². The van der Waals surface area contributed by atoms with Crippen molar-refractivity contribution in [1.82, 2.24) is 0 Å². The lowest BCUT2D eigenvalue weighted by Crippen LogP contribution is -2.00. The zero-order valence-corrected chi connectivity index (χ0v) is 12.1. The Bertz CT molecular complexity index is 738. The summed E-state index contributed by atoms with van der Waals surface area (Å²) in [7, 11) is 0. The molecule has 21 heavy (non-hydrogen) atoms. The first-order valence-electron chi connectivity index (χ1n) is 6.62. The summed E-state index contributed by atoms with van der Waals surface area (Å²) in [5.41, 5.74) is 2.80. The fourth-order valence-electron chi connectivity index (χ4n) is 2.19. The van der Waals surface area contributed by atoms with Crippen molar-refractivity contribution in [1.29, 1.82) is 0 Å². The minimum atomic E-state index is -0.0964. The molecule has 1 aromatic heterocycles. The molecule has 2 aromatic carbocycles. The van der Waals surface area contributed by atoms with Crippen LogP contribution >= 0.6 is 11.3 Å². The molecule has 4 heteroatoms. The standard InChI is InChI=1S/C17H15NO2S/c19-15-8-3-5-12(17(15)20)11-18-14-7-2-1-6-13(14)16-9-4-10-21-16/h1-10,18-20H,11H2. The van der Waals surface area contributed by atoms with Crippen molar-refractivity contribution in [2.24, 2.45) is 0 Å². The SMILES string of the molecule is Oc1cccc(CNc2ccccc2-c2cccs2)c1O. The Labute approximate surface area is 127 Å². The molecule has 0 atom stereocenters. The number of nitrogens with one attached hydrogen (secondary N) is 1. The largest absolute Gasteiger partial charge is 0.504 e. The van der Waals surface area contributed by atoms with E-state index < -0.39 is 0 Å².